The van der Waals surface area contributed by atoms with E-state index in [0.29, 0.717) is 25.1 Å². The van der Waals surface area contributed by atoms with E-state index in [-0.39, 0.29) is 61.3 Å². The Morgan fingerprint density at radius 2 is 1.71 bits per heavy atom. The van der Waals surface area contributed by atoms with Crippen molar-refractivity contribution < 1.29 is 24.4 Å². The molecule has 2 amide bonds. The molecule has 0 bridgehead atoms. The second-order valence-electron chi connectivity index (χ2n) is 9.13. The molecule has 0 aliphatic carbocycles. The van der Waals surface area contributed by atoms with E-state index in [1.54, 1.807) is 0 Å². The lowest BCUT2D eigenvalue weighted by atomic mass is 10.0. The van der Waals surface area contributed by atoms with Crippen molar-refractivity contribution in [1.29, 1.82) is 5.41 Å². The number of carboxylic acids is 1. The van der Waals surface area contributed by atoms with Gasteiger partial charge in [0.1, 0.15) is 12.1 Å². The van der Waals surface area contributed by atoms with Crippen LogP contribution < -0.4 is 32.7 Å². The van der Waals surface area contributed by atoms with E-state index in [9.17, 15) is 29.6 Å². The van der Waals surface area contributed by atoms with E-state index >= 15 is 0 Å². The molecule has 2 aromatic carbocycles. The highest BCUT2D eigenvalue weighted by molar-refractivity contribution is 5.92. The molecule has 3 rings (SSSR count). The van der Waals surface area contributed by atoms with Gasteiger partial charge >= 0.3 is 5.97 Å². The van der Waals surface area contributed by atoms with Crippen molar-refractivity contribution in [2.24, 2.45) is 5.73 Å². The summed E-state index contributed by atoms with van der Waals surface area (Å²) in [6, 6.07) is 12.6. The lowest BCUT2D eigenvalue weighted by Gasteiger charge is -2.23. The van der Waals surface area contributed by atoms with Crippen LogP contribution in [0.4, 0.5) is 11.4 Å². The number of hydrogen-bond donors (Lipinski definition) is 8. The average molecular weight is 630 g/mol. The van der Waals surface area contributed by atoms with Crippen molar-refractivity contribution in [1.82, 2.24) is 21.3 Å². The molecule has 1 aliphatic rings. The minimum absolute atomic E-state index is 0. The van der Waals surface area contributed by atoms with Crippen LogP contribution in [0.25, 0.3) is 0 Å². The van der Waals surface area contributed by atoms with Crippen molar-refractivity contribution >= 4 is 59.9 Å². The van der Waals surface area contributed by atoms with Crippen molar-refractivity contribution in [3.63, 3.8) is 0 Å². The fourth-order valence-electron chi connectivity index (χ4n) is 3.89. The Kier molecular flexibility index (Phi) is 17.9. The topological polar surface area (TPSA) is 239 Å². The van der Waals surface area contributed by atoms with E-state index in [1.807, 2.05) is 30.3 Å². The first kappa shape index (κ1) is 37.9. The molecule has 10 N–H and O–H groups in total. The molecule has 232 valence electrons. The van der Waals surface area contributed by atoms with Crippen molar-refractivity contribution in [3.8, 4) is 0 Å². The molecule has 1 fully saturated rings. The summed E-state index contributed by atoms with van der Waals surface area (Å²) in [6.45, 7) is 1.08. The second-order valence-corrected chi connectivity index (χ2v) is 9.13. The summed E-state index contributed by atoms with van der Waals surface area (Å²) < 4.78 is 0. The van der Waals surface area contributed by atoms with Gasteiger partial charge in [-0.05, 0) is 49.9 Å². The van der Waals surface area contributed by atoms with Gasteiger partial charge in [0.05, 0.1) is 11.0 Å². The molecule has 42 heavy (non-hydrogen) atoms. The van der Waals surface area contributed by atoms with Gasteiger partial charge in [-0.25, -0.2) is 4.79 Å². The summed E-state index contributed by atoms with van der Waals surface area (Å²) in [4.78, 5) is 46.6. The third-order valence-corrected chi connectivity index (χ3v) is 6.00. The Morgan fingerprint density at radius 1 is 1.07 bits per heavy atom. The number of carboxylic acid groups (broad SMARTS) is 1. The smallest absolute Gasteiger partial charge is 0.326 e. The molecule has 1 saturated heterocycles. The molecule has 2 aromatic rings. The van der Waals surface area contributed by atoms with Crippen LogP contribution in [0, 0.1) is 15.5 Å². The highest BCUT2D eigenvalue weighted by Crippen LogP contribution is 2.12. The fourth-order valence-corrected chi connectivity index (χ4v) is 3.89. The molecule has 0 spiro atoms. The van der Waals surface area contributed by atoms with E-state index in [2.05, 4.69) is 21.3 Å². The number of anilines is 1. The zero-order valence-electron chi connectivity index (χ0n) is 22.8. The molecule has 1 heterocycles. The predicted octanol–water partition coefficient (Wildman–Crippen LogP) is 1.32. The maximum Gasteiger partial charge on any atom is 0.326 e. The standard InChI is InChI=1S/C20H30N6O4.C6H6N2O2.2ClH/c21-20(22)24-11-5-9-15(19(29)30)25-18(28)16(12-13-6-2-1-3-7-13)26-17(27)14-8-4-10-23-14;7-5-1-3-6(4-2-5)8(9)10;;/h1-3,6-7,14-16,23H,4-5,8-12H2,(H,25,28)(H,26,27)(H,29,30)(H4,21,22,24);1-4H,7H2;2*1H/t14-,15?,16?;;;/m1.../s1. The van der Waals surface area contributed by atoms with Crippen LogP contribution >= 0.6 is 24.8 Å². The number of aliphatic carboxylic acids is 1. The Morgan fingerprint density at radius 3 is 2.24 bits per heavy atom. The van der Waals surface area contributed by atoms with Crippen LogP contribution in [-0.4, -0.2) is 65.0 Å². The highest BCUT2D eigenvalue weighted by Gasteiger charge is 2.30. The summed E-state index contributed by atoms with van der Waals surface area (Å²) in [5, 5.41) is 37.6. The summed E-state index contributed by atoms with van der Waals surface area (Å²) >= 11 is 0. The number of nitrogens with zero attached hydrogens (tertiary/aromatic N) is 1. The lowest BCUT2D eigenvalue weighted by molar-refractivity contribution is -0.384. The van der Waals surface area contributed by atoms with Gasteiger partial charge < -0.3 is 37.8 Å². The van der Waals surface area contributed by atoms with Gasteiger partial charge in [-0.3, -0.25) is 25.1 Å². The zero-order valence-corrected chi connectivity index (χ0v) is 24.4. The number of guanidine groups is 1. The van der Waals surface area contributed by atoms with Gasteiger partial charge in [0, 0.05) is 30.8 Å². The number of non-ortho nitro benzene ring substituents is 1. The molecule has 3 atom stereocenters. The maximum absolute atomic E-state index is 12.9. The number of rotatable bonds is 12. The quantitative estimate of drug-likeness (QED) is 0.0418. The lowest BCUT2D eigenvalue weighted by Crippen LogP contribution is -2.55. The first-order chi connectivity index (χ1) is 19.1. The largest absolute Gasteiger partial charge is 0.480 e. The third-order valence-electron chi connectivity index (χ3n) is 6.00. The van der Waals surface area contributed by atoms with Gasteiger partial charge in [-0.2, -0.15) is 0 Å². The summed E-state index contributed by atoms with van der Waals surface area (Å²) in [7, 11) is 0. The Bertz CT molecular complexity index is 1150. The van der Waals surface area contributed by atoms with Crippen LogP contribution in [0.15, 0.2) is 54.6 Å². The van der Waals surface area contributed by atoms with E-state index < -0.39 is 28.9 Å². The Labute approximate surface area is 255 Å². The zero-order chi connectivity index (χ0) is 29.5. The number of carbonyl (C=O) groups is 3. The highest BCUT2D eigenvalue weighted by atomic mass is 35.5. The minimum atomic E-state index is -1.16. The fraction of sp³-hybridized carbons (Fsp3) is 0.385. The molecular formula is C26H38Cl2N8O6. The number of carbonyl (C=O) groups excluding carboxylic acids is 2. The first-order valence-electron chi connectivity index (χ1n) is 12.8. The normalized spacial score (nSPS) is 14.7. The van der Waals surface area contributed by atoms with Crippen molar-refractivity contribution in [3.05, 3.63) is 70.3 Å². The van der Waals surface area contributed by atoms with Gasteiger partial charge in [0.2, 0.25) is 11.8 Å². The van der Waals surface area contributed by atoms with E-state index in [0.717, 1.165) is 18.5 Å². The number of nitrogens with one attached hydrogen (secondary N) is 5. The number of amides is 2. The molecule has 0 radical (unpaired) electrons. The molecule has 0 aromatic heterocycles. The SMILES string of the molecule is Cl.Cl.N=C(N)NCCCC(NC(=O)C(Cc1ccccc1)NC(=O)[C@H]1CCCN1)C(=O)O.Nc1ccc([N+](=O)[O-])cc1. The van der Waals surface area contributed by atoms with Gasteiger partial charge in [-0.1, -0.05) is 30.3 Å². The van der Waals surface area contributed by atoms with Crippen LogP contribution in [0.3, 0.4) is 0 Å². The summed E-state index contributed by atoms with van der Waals surface area (Å²) in [6.07, 6.45) is 2.41. The Hall–Kier alpha value is -4.14. The maximum atomic E-state index is 12.9. The second kappa shape index (κ2) is 19.9. The number of nitrogen functional groups attached to an aromatic ring is 1. The third kappa shape index (κ3) is 14.0. The number of hydrogen-bond acceptors (Lipinski definition) is 8. The van der Waals surface area contributed by atoms with Gasteiger partial charge in [0.25, 0.3) is 5.69 Å². The van der Waals surface area contributed by atoms with Gasteiger partial charge in [-0.15, -0.1) is 24.8 Å². The monoisotopic (exact) mass is 628 g/mol. The number of nitro benzene ring substituents is 1. The van der Waals surface area contributed by atoms with E-state index in [1.165, 1.54) is 24.3 Å². The molecule has 0 saturated carbocycles. The van der Waals surface area contributed by atoms with Crippen LogP contribution in [0.1, 0.15) is 31.2 Å². The van der Waals surface area contributed by atoms with Crippen LogP contribution in [-0.2, 0) is 20.8 Å². The van der Waals surface area contributed by atoms with Crippen molar-refractivity contribution in [2.45, 2.75) is 50.2 Å². The molecular weight excluding hydrogens is 591 g/mol. The number of nitrogens with two attached hydrogens (primary N) is 2. The Balaban J connectivity index is 0.00000119. The van der Waals surface area contributed by atoms with Crippen molar-refractivity contribution in [2.75, 3.05) is 18.8 Å². The van der Waals surface area contributed by atoms with Crippen LogP contribution in [0.2, 0.25) is 0 Å². The number of nitro groups is 1. The number of benzene rings is 2. The minimum Gasteiger partial charge on any atom is -0.480 e. The molecule has 16 heteroatoms. The molecule has 1 aliphatic heterocycles. The predicted molar refractivity (Wildman–Crippen MR) is 164 cm³/mol. The summed E-state index contributed by atoms with van der Waals surface area (Å²) in [5.41, 5.74) is 12.0. The first-order valence-corrected chi connectivity index (χ1v) is 12.8. The molecule has 2 unspecified atom stereocenters. The number of halogens is 2. The van der Waals surface area contributed by atoms with Crippen LogP contribution in [0.5, 0.6) is 0 Å². The average Bonchev–Trinajstić information content (AvgIpc) is 3.46. The summed E-state index contributed by atoms with van der Waals surface area (Å²) in [5.74, 6) is -2.16. The van der Waals surface area contributed by atoms with E-state index in [4.69, 9.17) is 16.9 Å². The molecule has 14 nitrogen and oxygen atoms in total. The van der Waals surface area contributed by atoms with Gasteiger partial charge in [0.15, 0.2) is 5.96 Å².